The number of nitrogen functional groups attached to an aromatic ring is 1. The van der Waals surface area contributed by atoms with Crippen LogP contribution in [0.3, 0.4) is 0 Å². The predicted molar refractivity (Wildman–Crippen MR) is 89.1 cm³/mol. The Morgan fingerprint density at radius 3 is 2.50 bits per heavy atom. The number of para-hydroxylation sites is 1. The summed E-state index contributed by atoms with van der Waals surface area (Å²) in [6.07, 6.45) is 0.695. The smallest absolute Gasteiger partial charge is 0.220 e. The lowest BCUT2D eigenvalue weighted by molar-refractivity contribution is 0.320. The largest absolute Gasteiger partial charge is 0.493 e. The molecule has 2 N–H and O–H groups in total. The van der Waals surface area contributed by atoms with E-state index in [0.717, 1.165) is 22.3 Å². The van der Waals surface area contributed by atoms with E-state index in [0.29, 0.717) is 19.0 Å². The van der Waals surface area contributed by atoms with Crippen molar-refractivity contribution in [3.63, 3.8) is 0 Å². The van der Waals surface area contributed by atoms with Crippen LogP contribution in [0.4, 0.5) is 5.95 Å². The molecule has 0 amide bonds. The van der Waals surface area contributed by atoms with Gasteiger partial charge in [0.1, 0.15) is 5.75 Å². The van der Waals surface area contributed by atoms with E-state index in [1.807, 2.05) is 36.4 Å². The quantitative estimate of drug-likeness (QED) is 0.800. The van der Waals surface area contributed by atoms with Gasteiger partial charge in [0.05, 0.1) is 17.8 Å². The molecule has 0 spiro atoms. The van der Waals surface area contributed by atoms with E-state index in [9.17, 15) is 0 Å². The number of anilines is 1. The molecule has 4 nitrogen and oxygen atoms in total. The summed E-state index contributed by atoms with van der Waals surface area (Å²) in [5.74, 6) is 1.20. The summed E-state index contributed by atoms with van der Waals surface area (Å²) in [6.45, 7) is 4.69. The first-order chi connectivity index (χ1) is 10.6. The highest BCUT2D eigenvalue weighted by atomic mass is 16.5. The minimum absolute atomic E-state index is 0.306. The second kappa shape index (κ2) is 6.02. The first-order valence-electron chi connectivity index (χ1n) is 7.34. The Morgan fingerprint density at radius 2 is 1.73 bits per heavy atom. The number of nitrogens with two attached hydrogens (primary N) is 1. The van der Waals surface area contributed by atoms with Crippen LogP contribution in [-0.2, 0) is 6.42 Å². The Balaban J connectivity index is 1.76. The van der Waals surface area contributed by atoms with Crippen molar-refractivity contribution < 1.29 is 4.74 Å². The van der Waals surface area contributed by atoms with Crippen LogP contribution in [-0.4, -0.2) is 16.6 Å². The topological polar surface area (TPSA) is 61.0 Å². The third-order valence-electron chi connectivity index (χ3n) is 3.50. The van der Waals surface area contributed by atoms with Crippen LogP contribution < -0.4 is 10.5 Å². The Morgan fingerprint density at radius 1 is 1.00 bits per heavy atom. The summed E-state index contributed by atoms with van der Waals surface area (Å²) in [6, 6.07) is 14.1. The van der Waals surface area contributed by atoms with Crippen molar-refractivity contribution in [1.82, 2.24) is 9.97 Å². The SMILES string of the molecule is Cc1cc(C)cc(OCCc2nc(N)nc3ccccc23)c1. The van der Waals surface area contributed by atoms with Crippen LogP contribution >= 0.6 is 0 Å². The van der Waals surface area contributed by atoms with Crippen molar-refractivity contribution in [3.8, 4) is 5.75 Å². The molecule has 3 aromatic rings. The second-order valence-electron chi connectivity index (χ2n) is 5.47. The maximum Gasteiger partial charge on any atom is 0.220 e. The summed E-state index contributed by atoms with van der Waals surface area (Å²) in [5.41, 5.74) is 9.98. The highest BCUT2D eigenvalue weighted by Crippen LogP contribution is 2.19. The van der Waals surface area contributed by atoms with Crippen molar-refractivity contribution in [1.29, 1.82) is 0 Å². The van der Waals surface area contributed by atoms with Crippen LogP contribution in [0.25, 0.3) is 10.9 Å². The molecule has 0 saturated heterocycles. The van der Waals surface area contributed by atoms with E-state index < -0.39 is 0 Å². The molecule has 0 aliphatic heterocycles. The van der Waals surface area contributed by atoms with Gasteiger partial charge in [0.25, 0.3) is 0 Å². The molecule has 1 heterocycles. The van der Waals surface area contributed by atoms with Gasteiger partial charge in [0.2, 0.25) is 5.95 Å². The monoisotopic (exact) mass is 293 g/mol. The zero-order valence-corrected chi connectivity index (χ0v) is 12.8. The van der Waals surface area contributed by atoms with Crippen molar-refractivity contribution in [2.75, 3.05) is 12.3 Å². The number of rotatable bonds is 4. The van der Waals surface area contributed by atoms with Gasteiger partial charge in [0, 0.05) is 11.8 Å². The second-order valence-corrected chi connectivity index (χ2v) is 5.47. The number of aromatic nitrogens is 2. The van der Waals surface area contributed by atoms with Crippen molar-refractivity contribution in [2.24, 2.45) is 0 Å². The fourth-order valence-electron chi connectivity index (χ4n) is 2.63. The summed E-state index contributed by atoms with van der Waals surface area (Å²) < 4.78 is 5.86. The molecule has 22 heavy (non-hydrogen) atoms. The Labute approximate surface area is 130 Å². The molecule has 0 bridgehead atoms. The average molecular weight is 293 g/mol. The Bertz CT molecular complexity index is 794. The molecular formula is C18H19N3O. The van der Waals surface area contributed by atoms with E-state index in [2.05, 4.69) is 29.9 Å². The predicted octanol–water partition coefficient (Wildman–Crippen LogP) is 3.45. The summed E-state index contributed by atoms with van der Waals surface area (Å²) in [5, 5.41) is 1.03. The number of benzene rings is 2. The van der Waals surface area contributed by atoms with Crippen molar-refractivity contribution >= 4 is 16.9 Å². The molecule has 0 unspecified atom stereocenters. The van der Waals surface area contributed by atoms with E-state index in [4.69, 9.17) is 10.5 Å². The van der Waals surface area contributed by atoms with Gasteiger partial charge >= 0.3 is 0 Å². The van der Waals surface area contributed by atoms with Gasteiger partial charge in [-0.3, -0.25) is 0 Å². The van der Waals surface area contributed by atoms with Crippen LogP contribution in [0.2, 0.25) is 0 Å². The highest BCUT2D eigenvalue weighted by Gasteiger charge is 2.06. The molecule has 0 fully saturated rings. The summed E-state index contributed by atoms with van der Waals surface area (Å²) in [7, 11) is 0. The molecule has 0 aliphatic rings. The van der Waals surface area contributed by atoms with Gasteiger partial charge in [-0.1, -0.05) is 24.3 Å². The molecular weight excluding hydrogens is 274 g/mol. The standard InChI is InChI=1S/C18H19N3O/c1-12-9-13(2)11-14(10-12)22-8-7-17-15-5-3-4-6-16(15)20-18(19)21-17/h3-6,9-11H,7-8H2,1-2H3,(H2,19,20,21). The van der Waals surface area contributed by atoms with E-state index in [-0.39, 0.29) is 0 Å². The fourth-order valence-corrected chi connectivity index (χ4v) is 2.63. The van der Waals surface area contributed by atoms with Crippen LogP contribution in [0.15, 0.2) is 42.5 Å². The third-order valence-corrected chi connectivity index (χ3v) is 3.50. The molecule has 2 aromatic carbocycles. The van der Waals surface area contributed by atoms with Gasteiger partial charge in [0.15, 0.2) is 0 Å². The van der Waals surface area contributed by atoms with Gasteiger partial charge in [-0.25, -0.2) is 9.97 Å². The summed E-state index contributed by atoms with van der Waals surface area (Å²) in [4.78, 5) is 8.61. The van der Waals surface area contributed by atoms with Crippen LogP contribution in [0.5, 0.6) is 5.75 Å². The first kappa shape index (κ1) is 14.3. The highest BCUT2D eigenvalue weighted by molar-refractivity contribution is 5.81. The fraction of sp³-hybridized carbons (Fsp3) is 0.222. The lowest BCUT2D eigenvalue weighted by Gasteiger charge is -2.10. The molecule has 4 heteroatoms. The molecule has 0 saturated carbocycles. The van der Waals surface area contributed by atoms with Crippen LogP contribution in [0, 0.1) is 13.8 Å². The zero-order valence-electron chi connectivity index (χ0n) is 12.8. The number of hydrogen-bond donors (Lipinski definition) is 1. The first-order valence-corrected chi connectivity index (χ1v) is 7.34. The Kier molecular flexibility index (Phi) is 3.92. The number of aryl methyl sites for hydroxylation is 2. The maximum absolute atomic E-state index is 5.86. The minimum atomic E-state index is 0.306. The lowest BCUT2D eigenvalue weighted by atomic mass is 10.1. The minimum Gasteiger partial charge on any atom is -0.493 e. The van der Waals surface area contributed by atoms with Gasteiger partial charge in [-0.2, -0.15) is 0 Å². The zero-order chi connectivity index (χ0) is 15.5. The third kappa shape index (κ3) is 3.17. The average Bonchev–Trinajstić information content (AvgIpc) is 2.46. The number of hydrogen-bond acceptors (Lipinski definition) is 4. The van der Waals surface area contributed by atoms with Crippen LogP contribution in [0.1, 0.15) is 16.8 Å². The maximum atomic E-state index is 5.86. The molecule has 1 aromatic heterocycles. The number of nitrogens with zero attached hydrogens (tertiary/aromatic N) is 2. The van der Waals surface area contributed by atoms with E-state index in [1.54, 1.807) is 0 Å². The van der Waals surface area contributed by atoms with Gasteiger partial charge < -0.3 is 10.5 Å². The van der Waals surface area contributed by atoms with E-state index in [1.165, 1.54) is 11.1 Å². The molecule has 0 atom stereocenters. The number of fused-ring (bicyclic) bond motifs is 1. The van der Waals surface area contributed by atoms with Crippen molar-refractivity contribution in [3.05, 3.63) is 59.3 Å². The van der Waals surface area contributed by atoms with E-state index >= 15 is 0 Å². The van der Waals surface area contributed by atoms with Crippen molar-refractivity contribution in [2.45, 2.75) is 20.3 Å². The molecule has 3 rings (SSSR count). The molecule has 0 radical (unpaired) electrons. The lowest BCUT2D eigenvalue weighted by Crippen LogP contribution is -2.06. The summed E-state index contributed by atoms with van der Waals surface area (Å²) >= 11 is 0. The Hall–Kier alpha value is -2.62. The van der Waals surface area contributed by atoms with Gasteiger partial charge in [-0.05, 0) is 43.2 Å². The number of ether oxygens (including phenoxy) is 1. The normalized spacial score (nSPS) is 10.8. The molecule has 0 aliphatic carbocycles. The van der Waals surface area contributed by atoms with Gasteiger partial charge in [-0.15, -0.1) is 0 Å². The molecule has 112 valence electrons.